The lowest BCUT2D eigenvalue weighted by atomic mass is 9.76. The van der Waals surface area contributed by atoms with Crippen molar-refractivity contribution in [2.75, 3.05) is 6.26 Å². The van der Waals surface area contributed by atoms with E-state index in [0.717, 1.165) is 30.9 Å². The number of hydrogen-bond acceptors (Lipinski definition) is 4. The van der Waals surface area contributed by atoms with Gasteiger partial charge in [-0.25, -0.2) is 25.9 Å². The van der Waals surface area contributed by atoms with Crippen LogP contribution in [0.25, 0.3) is 0 Å². The van der Waals surface area contributed by atoms with Crippen molar-refractivity contribution in [1.29, 1.82) is 0 Å². The summed E-state index contributed by atoms with van der Waals surface area (Å²) in [6, 6.07) is 2.79. The molecule has 0 atom stereocenters. The first-order valence-electron chi connectivity index (χ1n) is 6.63. The Morgan fingerprint density at radius 2 is 1.86 bits per heavy atom. The molecule has 0 saturated heterocycles. The van der Waals surface area contributed by atoms with E-state index in [2.05, 4.69) is 4.72 Å². The van der Waals surface area contributed by atoms with Crippen molar-refractivity contribution < 1.29 is 21.2 Å². The summed E-state index contributed by atoms with van der Waals surface area (Å²) in [7, 11) is -7.70. The standard InChI is InChI=1S/C13H18FNO4S2/c1-3-13(7-4-8-13)15-21(18,19)12-9-10(20(2,16)17)5-6-11(12)14/h5-6,9,15H,3-4,7-8H2,1-2H3. The third kappa shape index (κ3) is 3.27. The van der Waals surface area contributed by atoms with Crippen LogP contribution in [0.3, 0.4) is 0 Å². The van der Waals surface area contributed by atoms with E-state index in [1.165, 1.54) is 0 Å². The first-order valence-corrected chi connectivity index (χ1v) is 10.0. The van der Waals surface area contributed by atoms with Gasteiger partial charge < -0.3 is 0 Å². The van der Waals surface area contributed by atoms with E-state index in [1.54, 1.807) is 0 Å². The van der Waals surface area contributed by atoms with Crippen molar-refractivity contribution in [2.24, 2.45) is 0 Å². The van der Waals surface area contributed by atoms with E-state index >= 15 is 0 Å². The zero-order valence-electron chi connectivity index (χ0n) is 11.9. The van der Waals surface area contributed by atoms with Gasteiger partial charge in [0.2, 0.25) is 10.0 Å². The molecule has 1 aromatic rings. The highest BCUT2D eigenvalue weighted by atomic mass is 32.2. The van der Waals surface area contributed by atoms with Gasteiger partial charge in [0.15, 0.2) is 9.84 Å². The third-order valence-corrected chi connectivity index (χ3v) is 6.66. The SMILES string of the molecule is CCC1(NS(=O)(=O)c2cc(S(C)(=O)=O)ccc2F)CCC1. The fourth-order valence-corrected chi connectivity index (χ4v) is 4.75. The fraction of sp³-hybridized carbons (Fsp3) is 0.538. The van der Waals surface area contributed by atoms with Gasteiger partial charge in [0.05, 0.1) is 4.90 Å². The molecule has 0 bridgehead atoms. The molecule has 1 aliphatic carbocycles. The van der Waals surface area contributed by atoms with Gasteiger partial charge >= 0.3 is 0 Å². The molecule has 1 fully saturated rings. The molecule has 118 valence electrons. The van der Waals surface area contributed by atoms with E-state index < -0.39 is 36.1 Å². The van der Waals surface area contributed by atoms with Gasteiger partial charge in [0.1, 0.15) is 10.7 Å². The molecule has 0 heterocycles. The van der Waals surface area contributed by atoms with Crippen LogP contribution >= 0.6 is 0 Å². The molecular weight excluding hydrogens is 317 g/mol. The second-order valence-corrected chi connectivity index (χ2v) is 9.12. The maximum atomic E-state index is 13.8. The van der Waals surface area contributed by atoms with Crippen LogP contribution in [0, 0.1) is 5.82 Å². The molecule has 1 aromatic carbocycles. The maximum absolute atomic E-state index is 13.8. The van der Waals surface area contributed by atoms with Gasteiger partial charge in [0.25, 0.3) is 0 Å². The van der Waals surface area contributed by atoms with E-state index in [0.29, 0.717) is 19.3 Å². The molecule has 0 amide bonds. The predicted octanol–water partition coefficient (Wildman–Crippen LogP) is 1.84. The van der Waals surface area contributed by atoms with Crippen LogP contribution in [-0.4, -0.2) is 28.6 Å². The summed E-state index contributed by atoms with van der Waals surface area (Å²) < 4.78 is 64.1. The average molecular weight is 335 g/mol. The van der Waals surface area contributed by atoms with Crippen LogP contribution < -0.4 is 4.72 Å². The van der Waals surface area contributed by atoms with Gasteiger partial charge in [-0.2, -0.15) is 0 Å². The zero-order chi connectivity index (χ0) is 15.9. The van der Waals surface area contributed by atoms with Crippen LogP contribution in [0.1, 0.15) is 32.6 Å². The van der Waals surface area contributed by atoms with E-state index in [-0.39, 0.29) is 4.90 Å². The molecule has 8 heteroatoms. The minimum absolute atomic E-state index is 0.219. The molecule has 0 spiro atoms. The molecule has 5 nitrogen and oxygen atoms in total. The lowest BCUT2D eigenvalue weighted by molar-refractivity contribution is 0.213. The summed E-state index contributed by atoms with van der Waals surface area (Å²) in [5, 5.41) is 0. The summed E-state index contributed by atoms with van der Waals surface area (Å²) in [6.45, 7) is 1.87. The second-order valence-electron chi connectivity index (χ2n) is 5.46. The predicted molar refractivity (Wildman–Crippen MR) is 76.7 cm³/mol. The Hall–Kier alpha value is -0.990. The number of rotatable bonds is 5. The third-order valence-electron chi connectivity index (χ3n) is 3.96. The summed E-state index contributed by atoms with van der Waals surface area (Å²) in [5.74, 6) is -0.958. The van der Waals surface area contributed by atoms with Gasteiger partial charge in [-0.3, -0.25) is 0 Å². The number of hydrogen-bond donors (Lipinski definition) is 1. The molecule has 1 N–H and O–H groups in total. The lowest BCUT2D eigenvalue weighted by Gasteiger charge is -2.41. The minimum Gasteiger partial charge on any atom is -0.224 e. The van der Waals surface area contributed by atoms with Gasteiger partial charge in [-0.05, 0) is 43.9 Å². The molecule has 0 unspecified atom stereocenters. The van der Waals surface area contributed by atoms with E-state index in [1.807, 2.05) is 6.92 Å². The van der Waals surface area contributed by atoms with E-state index in [9.17, 15) is 21.2 Å². The molecule has 1 saturated carbocycles. The normalized spacial score (nSPS) is 18.2. The van der Waals surface area contributed by atoms with Crippen LogP contribution in [0.4, 0.5) is 4.39 Å². The molecule has 21 heavy (non-hydrogen) atoms. The molecule has 1 aliphatic rings. The number of nitrogens with one attached hydrogen (secondary N) is 1. The van der Waals surface area contributed by atoms with Crippen LogP contribution in [-0.2, 0) is 19.9 Å². The molecular formula is C13H18FNO4S2. The Labute approximate surface area is 124 Å². The van der Waals surface area contributed by atoms with Crippen molar-refractivity contribution in [1.82, 2.24) is 4.72 Å². The van der Waals surface area contributed by atoms with Crippen molar-refractivity contribution in [3.8, 4) is 0 Å². The number of sulfonamides is 1. The van der Waals surface area contributed by atoms with Crippen molar-refractivity contribution in [3.63, 3.8) is 0 Å². The highest BCUT2D eigenvalue weighted by Gasteiger charge is 2.39. The van der Waals surface area contributed by atoms with Crippen molar-refractivity contribution >= 4 is 19.9 Å². The van der Waals surface area contributed by atoms with Crippen molar-refractivity contribution in [3.05, 3.63) is 24.0 Å². The highest BCUT2D eigenvalue weighted by Crippen LogP contribution is 2.36. The number of halogens is 1. The Balaban J connectivity index is 2.45. The van der Waals surface area contributed by atoms with Gasteiger partial charge in [-0.1, -0.05) is 6.92 Å². The average Bonchev–Trinajstić information content (AvgIpc) is 2.32. The first-order chi connectivity index (χ1) is 9.60. The van der Waals surface area contributed by atoms with Gasteiger partial charge in [0, 0.05) is 11.8 Å². The lowest BCUT2D eigenvalue weighted by Crippen LogP contribution is -2.52. The molecule has 0 aromatic heterocycles. The van der Waals surface area contributed by atoms with E-state index in [4.69, 9.17) is 0 Å². The molecule has 0 aliphatic heterocycles. The summed E-state index contributed by atoms with van der Waals surface area (Å²) in [5.41, 5.74) is -0.535. The second kappa shape index (κ2) is 5.33. The largest absolute Gasteiger partial charge is 0.244 e. The first kappa shape index (κ1) is 16.4. The summed E-state index contributed by atoms with van der Waals surface area (Å²) in [4.78, 5) is -0.839. The Kier molecular flexibility index (Phi) is 4.16. The zero-order valence-corrected chi connectivity index (χ0v) is 13.5. The maximum Gasteiger partial charge on any atom is 0.244 e. The smallest absolute Gasteiger partial charge is 0.224 e. The van der Waals surface area contributed by atoms with Gasteiger partial charge in [-0.15, -0.1) is 0 Å². The topological polar surface area (TPSA) is 80.3 Å². The van der Waals surface area contributed by atoms with Crippen LogP contribution in [0.2, 0.25) is 0 Å². The fourth-order valence-electron chi connectivity index (χ4n) is 2.39. The molecule has 2 rings (SSSR count). The van der Waals surface area contributed by atoms with Crippen molar-refractivity contribution in [2.45, 2.75) is 47.9 Å². The van der Waals surface area contributed by atoms with Crippen LogP contribution in [0.5, 0.6) is 0 Å². The molecule has 0 radical (unpaired) electrons. The minimum atomic E-state index is -4.09. The monoisotopic (exact) mass is 335 g/mol. The number of sulfone groups is 1. The summed E-state index contributed by atoms with van der Waals surface area (Å²) in [6.07, 6.45) is 3.89. The Morgan fingerprint density at radius 3 is 2.29 bits per heavy atom. The Morgan fingerprint density at radius 1 is 1.24 bits per heavy atom. The summed E-state index contributed by atoms with van der Waals surface area (Å²) >= 11 is 0. The van der Waals surface area contributed by atoms with Crippen LogP contribution in [0.15, 0.2) is 28.0 Å². The quantitative estimate of drug-likeness (QED) is 0.833. The number of benzene rings is 1. The Bertz CT molecular complexity index is 747. The highest BCUT2D eigenvalue weighted by molar-refractivity contribution is 7.91.